The Morgan fingerprint density at radius 1 is 1.08 bits per heavy atom. The van der Waals surface area contributed by atoms with Crippen molar-refractivity contribution in [3.8, 4) is 11.3 Å². The summed E-state index contributed by atoms with van der Waals surface area (Å²) in [6, 6.07) is 9.40. The van der Waals surface area contributed by atoms with Gasteiger partial charge in [-0.25, -0.2) is 4.98 Å². The fourth-order valence-corrected chi connectivity index (χ4v) is 3.45. The Morgan fingerprint density at radius 3 is 2.54 bits per heavy atom. The van der Waals surface area contributed by atoms with Gasteiger partial charge in [0.2, 0.25) is 0 Å². The Morgan fingerprint density at radius 2 is 1.85 bits per heavy atom. The molecule has 132 valence electrons. The van der Waals surface area contributed by atoms with Crippen LogP contribution in [0.4, 0.5) is 0 Å². The molecule has 6 nitrogen and oxygen atoms in total. The lowest BCUT2D eigenvalue weighted by atomic mass is 9.95. The largest absolute Gasteiger partial charge is 0.310 e. The summed E-state index contributed by atoms with van der Waals surface area (Å²) in [5.74, 6) is 1.07. The van der Waals surface area contributed by atoms with Crippen LogP contribution >= 0.6 is 0 Å². The summed E-state index contributed by atoms with van der Waals surface area (Å²) in [6.45, 7) is 2.89. The number of piperidine rings is 1. The molecular formula is C20H21N5O. The van der Waals surface area contributed by atoms with Crippen LogP contribution in [0.2, 0.25) is 0 Å². The van der Waals surface area contributed by atoms with Gasteiger partial charge in [0.25, 0.3) is 5.56 Å². The maximum Gasteiger partial charge on any atom is 0.251 e. The molecule has 4 rings (SSSR count). The van der Waals surface area contributed by atoms with E-state index in [9.17, 15) is 4.79 Å². The van der Waals surface area contributed by atoms with Crippen LogP contribution in [0.3, 0.4) is 0 Å². The topological polar surface area (TPSA) is 74.8 Å². The molecule has 26 heavy (non-hydrogen) atoms. The fraction of sp³-hybridized carbons (Fsp3) is 0.300. The maximum atomic E-state index is 12.1. The third-order valence-corrected chi connectivity index (χ3v) is 4.82. The van der Waals surface area contributed by atoms with Crippen molar-refractivity contribution in [3.05, 3.63) is 76.9 Å². The van der Waals surface area contributed by atoms with E-state index in [2.05, 4.69) is 25.9 Å². The smallest absolute Gasteiger partial charge is 0.251 e. The van der Waals surface area contributed by atoms with E-state index in [1.54, 1.807) is 18.6 Å². The van der Waals surface area contributed by atoms with Crippen LogP contribution < -0.4 is 5.56 Å². The summed E-state index contributed by atoms with van der Waals surface area (Å²) >= 11 is 0. The Balaban J connectivity index is 1.46. The van der Waals surface area contributed by atoms with E-state index in [4.69, 9.17) is 4.98 Å². The Bertz CT molecular complexity index is 902. The highest BCUT2D eigenvalue weighted by molar-refractivity contribution is 5.56. The third kappa shape index (κ3) is 3.86. The molecule has 6 heteroatoms. The second-order valence-electron chi connectivity index (χ2n) is 6.67. The average molecular weight is 347 g/mol. The number of rotatable bonds is 4. The Labute approximate surface area is 152 Å². The van der Waals surface area contributed by atoms with Crippen molar-refractivity contribution in [1.29, 1.82) is 0 Å². The second kappa shape index (κ2) is 7.58. The molecule has 0 radical (unpaired) electrons. The van der Waals surface area contributed by atoms with E-state index in [1.165, 1.54) is 11.6 Å². The SMILES string of the molecule is O=c1cc(-c2cccnc2)nc(C2CCN(Cc3cccnc3)CC2)[nH]1. The minimum absolute atomic E-state index is 0.105. The molecular weight excluding hydrogens is 326 g/mol. The van der Waals surface area contributed by atoms with Crippen LogP contribution in [-0.2, 0) is 6.54 Å². The summed E-state index contributed by atoms with van der Waals surface area (Å²) in [6.07, 6.45) is 9.15. The lowest BCUT2D eigenvalue weighted by molar-refractivity contribution is 0.201. The highest BCUT2D eigenvalue weighted by atomic mass is 16.1. The van der Waals surface area contributed by atoms with E-state index in [-0.39, 0.29) is 11.5 Å². The highest BCUT2D eigenvalue weighted by Gasteiger charge is 2.23. The number of likely N-dealkylation sites (tertiary alicyclic amines) is 1. The molecule has 1 N–H and O–H groups in total. The molecule has 4 heterocycles. The molecule has 3 aromatic heterocycles. The van der Waals surface area contributed by atoms with Crippen molar-refractivity contribution in [1.82, 2.24) is 24.8 Å². The number of hydrogen-bond donors (Lipinski definition) is 1. The molecule has 0 atom stereocenters. The van der Waals surface area contributed by atoms with Gasteiger partial charge in [0, 0.05) is 48.9 Å². The lowest BCUT2D eigenvalue weighted by Gasteiger charge is -2.31. The van der Waals surface area contributed by atoms with Gasteiger partial charge in [0.15, 0.2) is 0 Å². The predicted molar refractivity (Wildman–Crippen MR) is 99.6 cm³/mol. The third-order valence-electron chi connectivity index (χ3n) is 4.82. The van der Waals surface area contributed by atoms with Crippen molar-refractivity contribution >= 4 is 0 Å². The first kappa shape index (κ1) is 16.6. The molecule has 3 aromatic rings. The lowest BCUT2D eigenvalue weighted by Crippen LogP contribution is -2.33. The minimum Gasteiger partial charge on any atom is -0.310 e. The van der Waals surface area contributed by atoms with E-state index in [0.29, 0.717) is 5.69 Å². The molecule has 0 aromatic carbocycles. The summed E-state index contributed by atoms with van der Waals surface area (Å²) < 4.78 is 0. The Hall–Kier alpha value is -2.86. The molecule has 1 fully saturated rings. The molecule has 0 spiro atoms. The van der Waals surface area contributed by atoms with Gasteiger partial charge < -0.3 is 4.98 Å². The molecule has 0 aliphatic carbocycles. The number of H-pyrrole nitrogens is 1. The molecule has 0 saturated carbocycles. The average Bonchev–Trinajstić information content (AvgIpc) is 2.70. The standard InChI is InChI=1S/C20H21N5O/c26-19-11-18(17-4-2-8-22-13-17)23-20(24-19)16-5-9-25(10-6-16)14-15-3-1-7-21-12-15/h1-4,7-8,11-13,16H,5-6,9-10,14H2,(H,23,24,26). The first-order valence-electron chi connectivity index (χ1n) is 8.91. The monoisotopic (exact) mass is 347 g/mol. The number of nitrogens with one attached hydrogen (secondary N) is 1. The van der Waals surface area contributed by atoms with Gasteiger partial charge in [-0.15, -0.1) is 0 Å². The number of hydrogen-bond acceptors (Lipinski definition) is 5. The van der Waals surface area contributed by atoms with Crippen molar-refractivity contribution in [3.63, 3.8) is 0 Å². The fourth-order valence-electron chi connectivity index (χ4n) is 3.45. The van der Waals surface area contributed by atoms with E-state index in [0.717, 1.165) is 43.9 Å². The summed E-state index contributed by atoms with van der Waals surface area (Å²) in [5, 5.41) is 0. The number of aromatic nitrogens is 4. The molecule has 1 saturated heterocycles. The van der Waals surface area contributed by atoms with Crippen LogP contribution in [0.1, 0.15) is 30.1 Å². The molecule has 0 unspecified atom stereocenters. The number of nitrogens with zero attached hydrogens (tertiary/aromatic N) is 4. The van der Waals surface area contributed by atoms with E-state index < -0.39 is 0 Å². The second-order valence-corrected chi connectivity index (χ2v) is 6.67. The molecule has 1 aliphatic rings. The van der Waals surface area contributed by atoms with Gasteiger partial charge in [0.05, 0.1) is 5.69 Å². The Kier molecular flexibility index (Phi) is 4.84. The maximum absolute atomic E-state index is 12.1. The van der Waals surface area contributed by atoms with Gasteiger partial charge >= 0.3 is 0 Å². The van der Waals surface area contributed by atoms with Gasteiger partial charge in [-0.3, -0.25) is 19.7 Å². The first-order valence-corrected chi connectivity index (χ1v) is 8.91. The van der Waals surface area contributed by atoms with Crippen LogP contribution in [0.15, 0.2) is 59.9 Å². The zero-order chi connectivity index (χ0) is 17.8. The van der Waals surface area contributed by atoms with Gasteiger partial charge in [-0.2, -0.15) is 0 Å². The summed E-state index contributed by atoms with van der Waals surface area (Å²) in [7, 11) is 0. The zero-order valence-corrected chi connectivity index (χ0v) is 14.5. The van der Waals surface area contributed by atoms with Crippen LogP contribution in [0.5, 0.6) is 0 Å². The summed E-state index contributed by atoms with van der Waals surface area (Å²) in [5.41, 5.74) is 2.69. The molecule has 1 aliphatic heterocycles. The van der Waals surface area contributed by atoms with Crippen molar-refractivity contribution in [2.45, 2.75) is 25.3 Å². The zero-order valence-electron chi connectivity index (χ0n) is 14.5. The predicted octanol–water partition coefficient (Wildman–Crippen LogP) is 2.61. The van der Waals surface area contributed by atoms with E-state index in [1.807, 2.05) is 24.4 Å². The quantitative estimate of drug-likeness (QED) is 0.785. The first-order chi connectivity index (χ1) is 12.8. The van der Waals surface area contributed by atoms with Crippen LogP contribution in [-0.4, -0.2) is 37.9 Å². The van der Waals surface area contributed by atoms with Crippen molar-refractivity contribution in [2.75, 3.05) is 13.1 Å². The van der Waals surface area contributed by atoms with Crippen LogP contribution in [0, 0.1) is 0 Å². The van der Waals surface area contributed by atoms with Crippen LogP contribution in [0.25, 0.3) is 11.3 Å². The normalized spacial score (nSPS) is 15.8. The van der Waals surface area contributed by atoms with E-state index >= 15 is 0 Å². The van der Waals surface area contributed by atoms with Gasteiger partial charge in [-0.1, -0.05) is 6.07 Å². The van der Waals surface area contributed by atoms with Gasteiger partial charge in [0.1, 0.15) is 5.82 Å². The number of pyridine rings is 2. The van der Waals surface area contributed by atoms with Crippen molar-refractivity contribution in [2.24, 2.45) is 0 Å². The minimum atomic E-state index is -0.105. The van der Waals surface area contributed by atoms with Gasteiger partial charge in [-0.05, 0) is 49.7 Å². The number of aromatic amines is 1. The van der Waals surface area contributed by atoms with Crippen molar-refractivity contribution < 1.29 is 0 Å². The molecule has 0 bridgehead atoms. The highest BCUT2D eigenvalue weighted by Crippen LogP contribution is 2.27. The molecule has 0 amide bonds. The summed E-state index contributed by atoms with van der Waals surface area (Å²) in [4.78, 5) is 30.5.